The van der Waals surface area contributed by atoms with Crippen molar-refractivity contribution in [3.05, 3.63) is 33.9 Å². The summed E-state index contributed by atoms with van der Waals surface area (Å²) in [5.74, 6) is 0. The Bertz CT molecular complexity index is 801. The first-order chi connectivity index (χ1) is 11.7. The van der Waals surface area contributed by atoms with Crippen molar-refractivity contribution in [1.82, 2.24) is 19.5 Å². The number of ether oxygens (including phenoxy) is 1. The van der Waals surface area contributed by atoms with Gasteiger partial charge in [-0.15, -0.1) is 0 Å². The SMILES string of the molecule is CCCC(c1cc2[nH]c(=O)cc(C)n2n1)N(CC)C(=O)OC(C)(C)C. The fourth-order valence-electron chi connectivity index (χ4n) is 2.87. The number of carbonyl (C=O) groups excluding carboxylic acids is 1. The zero-order valence-electron chi connectivity index (χ0n) is 15.9. The molecule has 0 aromatic carbocycles. The summed E-state index contributed by atoms with van der Waals surface area (Å²) in [7, 11) is 0. The van der Waals surface area contributed by atoms with Crippen LogP contribution in [0.4, 0.5) is 4.79 Å². The third kappa shape index (κ3) is 4.41. The van der Waals surface area contributed by atoms with Gasteiger partial charge in [-0.25, -0.2) is 9.31 Å². The highest BCUT2D eigenvalue weighted by atomic mass is 16.6. The fraction of sp³-hybridized carbons (Fsp3) is 0.611. The molecule has 0 fully saturated rings. The predicted octanol–water partition coefficient (Wildman–Crippen LogP) is 3.43. The van der Waals surface area contributed by atoms with E-state index in [9.17, 15) is 9.59 Å². The van der Waals surface area contributed by atoms with Crippen LogP contribution in [0, 0.1) is 6.92 Å². The van der Waals surface area contributed by atoms with E-state index in [1.807, 2.05) is 40.7 Å². The van der Waals surface area contributed by atoms with Crippen molar-refractivity contribution in [2.45, 2.75) is 66.0 Å². The number of H-pyrrole nitrogens is 1. The van der Waals surface area contributed by atoms with Gasteiger partial charge in [0.15, 0.2) is 0 Å². The van der Waals surface area contributed by atoms with Gasteiger partial charge in [-0.1, -0.05) is 13.3 Å². The number of aromatic nitrogens is 3. The van der Waals surface area contributed by atoms with Crippen molar-refractivity contribution in [3.8, 4) is 0 Å². The molecule has 1 unspecified atom stereocenters. The Morgan fingerprint density at radius 2 is 2.04 bits per heavy atom. The summed E-state index contributed by atoms with van der Waals surface area (Å²) in [6, 6.07) is 3.14. The lowest BCUT2D eigenvalue weighted by Crippen LogP contribution is -2.39. The second-order valence-electron chi connectivity index (χ2n) is 7.21. The van der Waals surface area contributed by atoms with Crippen LogP contribution in [0.1, 0.15) is 64.9 Å². The molecule has 7 heteroatoms. The number of rotatable bonds is 5. The molecule has 2 aromatic heterocycles. The van der Waals surface area contributed by atoms with Gasteiger partial charge in [0.05, 0.1) is 11.7 Å². The maximum atomic E-state index is 12.6. The lowest BCUT2D eigenvalue weighted by Gasteiger charge is -2.31. The molecule has 0 aliphatic carbocycles. The largest absolute Gasteiger partial charge is 0.444 e. The van der Waals surface area contributed by atoms with E-state index in [1.165, 1.54) is 6.07 Å². The molecule has 7 nitrogen and oxygen atoms in total. The molecule has 1 amide bonds. The third-order valence-electron chi connectivity index (χ3n) is 3.90. The first-order valence-electron chi connectivity index (χ1n) is 8.75. The van der Waals surface area contributed by atoms with Crippen molar-refractivity contribution in [3.63, 3.8) is 0 Å². The molecular formula is C18H28N4O3. The summed E-state index contributed by atoms with van der Waals surface area (Å²) in [4.78, 5) is 28.8. The maximum absolute atomic E-state index is 12.6. The molecule has 0 radical (unpaired) electrons. The molecule has 0 saturated carbocycles. The number of hydrogen-bond donors (Lipinski definition) is 1. The molecule has 0 saturated heterocycles. The minimum Gasteiger partial charge on any atom is -0.444 e. The molecule has 2 rings (SSSR count). The van der Waals surface area contributed by atoms with Crippen LogP contribution in [-0.2, 0) is 4.74 Å². The highest BCUT2D eigenvalue weighted by molar-refractivity contribution is 5.68. The summed E-state index contributed by atoms with van der Waals surface area (Å²) in [5.41, 5.74) is 1.41. The van der Waals surface area contributed by atoms with Crippen LogP contribution in [0.3, 0.4) is 0 Å². The number of amides is 1. The van der Waals surface area contributed by atoms with Crippen LogP contribution < -0.4 is 5.56 Å². The topological polar surface area (TPSA) is 79.7 Å². The summed E-state index contributed by atoms with van der Waals surface area (Å²) in [6.07, 6.45) is 1.31. The Morgan fingerprint density at radius 3 is 2.60 bits per heavy atom. The Labute approximate surface area is 148 Å². The summed E-state index contributed by atoms with van der Waals surface area (Å²) in [6.45, 7) is 11.9. The molecule has 0 aliphatic heterocycles. The Kier molecular flexibility index (Phi) is 5.55. The smallest absolute Gasteiger partial charge is 0.410 e. The van der Waals surface area contributed by atoms with Crippen LogP contribution in [0.15, 0.2) is 16.9 Å². The lowest BCUT2D eigenvalue weighted by molar-refractivity contribution is 0.0156. The zero-order valence-corrected chi connectivity index (χ0v) is 15.9. The number of fused-ring (bicyclic) bond motifs is 1. The summed E-state index contributed by atoms with van der Waals surface area (Å²) >= 11 is 0. The fourth-order valence-corrected chi connectivity index (χ4v) is 2.87. The highest BCUT2D eigenvalue weighted by Crippen LogP contribution is 2.27. The standard InChI is InChI=1S/C18H28N4O3/c1-7-9-14(21(8-2)17(24)25-18(4,5)6)13-11-15-19-16(23)10-12(3)22(15)20-13/h10-11,14H,7-9H2,1-6H3,(H,19,23). The van der Waals surface area contributed by atoms with Gasteiger partial charge in [0, 0.05) is 24.4 Å². The van der Waals surface area contributed by atoms with Gasteiger partial charge in [0.2, 0.25) is 0 Å². The number of nitrogens with zero attached hydrogens (tertiary/aromatic N) is 3. The van der Waals surface area contributed by atoms with Crippen molar-refractivity contribution in [2.24, 2.45) is 0 Å². The van der Waals surface area contributed by atoms with Gasteiger partial charge in [0.1, 0.15) is 11.2 Å². The van der Waals surface area contributed by atoms with E-state index in [1.54, 1.807) is 9.42 Å². The minimum atomic E-state index is -0.554. The summed E-state index contributed by atoms with van der Waals surface area (Å²) < 4.78 is 7.25. The van der Waals surface area contributed by atoms with Crippen LogP contribution in [0.25, 0.3) is 5.65 Å². The molecule has 2 heterocycles. The van der Waals surface area contributed by atoms with Crippen molar-refractivity contribution < 1.29 is 9.53 Å². The van der Waals surface area contributed by atoms with E-state index in [0.29, 0.717) is 12.2 Å². The molecule has 0 bridgehead atoms. The van der Waals surface area contributed by atoms with Gasteiger partial charge in [-0.05, 0) is 41.0 Å². The normalized spacial score (nSPS) is 13.0. The Balaban J connectivity index is 2.43. The molecule has 0 aliphatic rings. The molecule has 138 valence electrons. The average molecular weight is 348 g/mol. The van der Waals surface area contributed by atoms with E-state index in [4.69, 9.17) is 4.74 Å². The molecular weight excluding hydrogens is 320 g/mol. The second-order valence-corrected chi connectivity index (χ2v) is 7.21. The number of aromatic amines is 1. The van der Waals surface area contributed by atoms with E-state index in [0.717, 1.165) is 24.2 Å². The van der Waals surface area contributed by atoms with Gasteiger partial charge in [0.25, 0.3) is 5.56 Å². The monoisotopic (exact) mass is 348 g/mol. The third-order valence-corrected chi connectivity index (χ3v) is 3.90. The summed E-state index contributed by atoms with van der Waals surface area (Å²) in [5, 5.41) is 4.62. The zero-order chi connectivity index (χ0) is 18.8. The van der Waals surface area contributed by atoms with Crippen LogP contribution >= 0.6 is 0 Å². The van der Waals surface area contributed by atoms with Gasteiger partial charge in [-0.2, -0.15) is 5.10 Å². The molecule has 1 N–H and O–H groups in total. The predicted molar refractivity (Wildman–Crippen MR) is 96.8 cm³/mol. The average Bonchev–Trinajstić information content (AvgIpc) is 2.89. The molecule has 25 heavy (non-hydrogen) atoms. The first-order valence-corrected chi connectivity index (χ1v) is 8.75. The Hall–Kier alpha value is -2.31. The number of hydrogen-bond acceptors (Lipinski definition) is 4. The minimum absolute atomic E-state index is 0.164. The van der Waals surface area contributed by atoms with Gasteiger partial charge < -0.3 is 9.72 Å². The second kappa shape index (κ2) is 7.29. The first kappa shape index (κ1) is 19.0. The molecule has 2 aromatic rings. The van der Waals surface area contributed by atoms with Crippen LogP contribution in [0.2, 0.25) is 0 Å². The van der Waals surface area contributed by atoms with E-state index < -0.39 is 5.60 Å². The quantitative estimate of drug-likeness (QED) is 0.898. The van der Waals surface area contributed by atoms with Gasteiger partial charge in [-0.3, -0.25) is 9.69 Å². The van der Waals surface area contributed by atoms with Crippen LogP contribution in [-0.4, -0.2) is 37.7 Å². The lowest BCUT2D eigenvalue weighted by atomic mass is 10.1. The highest BCUT2D eigenvalue weighted by Gasteiger charge is 2.29. The van der Waals surface area contributed by atoms with E-state index >= 15 is 0 Å². The number of carbonyl (C=O) groups is 1. The molecule has 0 spiro atoms. The number of aryl methyl sites for hydroxylation is 1. The van der Waals surface area contributed by atoms with Gasteiger partial charge >= 0.3 is 6.09 Å². The van der Waals surface area contributed by atoms with Crippen molar-refractivity contribution in [2.75, 3.05) is 6.54 Å². The van der Waals surface area contributed by atoms with Crippen LogP contribution in [0.5, 0.6) is 0 Å². The molecule has 1 atom stereocenters. The van der Waals surface area contributed by atoms with Crippen molar-refractivity contribution in [1.29, 1.82) is 0 Å². The maximum Gasteiger partial charge on any atom is 0.410 e. The Morgan fingerprint density at radius 1 is 1.36 bits per heavy atom. The van der Waals surface area contributed by atoms with E-state index in [2.05, 4.69) is 17.0 Å². The van der Waals surface area contributed by atoms with Crippen molar-refractivity contribution >= 4 is 11.7 Å². The number of nitrogens with one attached hydrogen (secondary N) is 1. The van der Waals surface area contributed by atoms with E-state index in [-0.39, 0.29) is 17.7 Å².